The molecule has 1 aromatic rings. The second-order valence-electron chi connectivity index (χ2n) is 3.96. The third-order valence-electron chi connectivity index (χ3n) is 2.69. The van der Waals surface area contributed by atoms with E-state index in [1.165, 1.54) is 6.20 Å². The molecule has 6 nitrogen and oxygen atoms in total. The van der Waals surface area contributed by atoms with Crippen LogP contribution >= 0.6 is 0 Å². The Morgan fingerprint density at radius 2 is 2.50 bits per heavy atom. The highest BCUT2D eigenvalue weighted by Crippen LogP contribution is 2.15. The minimum absolute atomic E-state index is 0.118. The van der Waals surface area contributed by atoms with Crippen LogP contribution in [0.4, 0.5) is 5.82 Å². The zero-order valence-electron chi connectivity index (χ0n) is 10.2. The molecule has 2 heterocycles. The summed E-state index contributed by atoms with van der Waals surface area (Å²) in [6.45, 7) is 2.63. The molecule has 96 valence electrons. The molecule has 0 aromatic carbocycles. The van der Waals surface area contributed by atoms with Crippen LogP contribution in [-0.4, -0.2) is 34.6 Å². The van der Waals surface area contributed by atoms with Gasteiger partial charge in [-0.2, -0.15) is 5.10 Å². The predicted octanol–water partition coefficient (Wildman–Crippen LogP) is 1.04. The number of esters is 1. The number of hydrogen-bond donors (Lipinski definition) is 1. The second kappa shape index (κ2) is 5.48. The van der Waals surface area contributed by atoms with Gasteiger partial charge in [-0.05, 0) is 19.4 Å². The van der Waals surface area contributed by atoms with Gasteiger partial charge in [0, 0.05) is 6.21 Å². The van der Waals surface area contributed by atoms with Crippen LogP contribution in [0.25, 0.3) is 0 Å². The zero-order valence-corrected chi connectivity index (χ0v) is 10.2. The van der Waals surface area contributed by atoms with Crippen molar-refractivity contribution >= 4 is 18.0 Å². The smallest absolute Gasteiger partial charge is 0.343 e. The normalized spacial score (nSPS) is 17.9. The third-order valence-corrected chi connectivity index (χ3v) is 2.69. The third kappa shape index (κ3) is 2.58. The minimum Gasteiger partial charge on any atom is -0.462 e. The fraction of sp³-hybridized carbons (Fsp3) is 0.417. The maximum absolute atomic E-state index is 11.6. The van der Waals surface area contributed by atoms with Crippen molar-refractivity contribution < 1.29 is 9.53 Å². The molecular weight excluding hydrogens is 232 g/mol. The molecule has 0 saturated heterocycles. The molecule has 0 fully saturated rings. The van der Waals surface area contributed by atoms with E-state index in [0.29, 0.717) is 24.5 Å². The molecule has 0 radical (unpaired) electrons. The van der Waals surface area contributed by atoms with E-state index in [1.807, 2.05) is 12.2 Å². The lowest BCUT2D eigenvalue weighted by Crippen LogP contribution is -2.18. The van der Waals surface area contributed by atoms with Gasteiger partial charge in [-0.3, -0.25) is 4.99 Å². The van der Waals surface area contributed by atoms with Crippen LogP contribution in [0.1, 0.15) is 23.7 Å². The van der Waals surface area contributed by atoms with E-state index in [0.717, 1.165) is 6.42 Å². The van der Waals surface area contributed by atoms with Crippen LogP contribution in [0.2, 0.25) is 0 Å². The van der Waals surface area contributed by atoms with Crippen molar-refractivity contribution in [1.82, 2.24) is 9.78 Å². The van der Waals surface area contributed by atoms with Crippen molar-refractivity contribution in [3.8, 4) is 0 Å². The maximum Gasteiger partial charge on any atom is 0.343 e. The summed E-state index contributed by atoms with van der Waals surface area (Å²) in [6, 6.07) is 0.118. The van der Waals surface area contributed by atoms with Crippen molar-refractivity contribution in [3.63, 3.8) is 0 Å². The quantitative estimate of drug-likeness (QED) is 0.807. The molecule has 0 saturated carbocycles. The first-order chi connectivity index (χ1) is 8.72. The monoisotopic (exact) mass is 248 g/mol. The van der Waals surface area contributed by atoms with Gasteiger partial charge in [0.15, 0.2) is 0 Å². The molecule has 18 heavy (non-hydrogen) atoms. The summed E-state index contributed by atoms with van der Waals surface area (Å²) in [5.74, 6) is -0.105. The molecule has 6 heteroatoms. The van der Waals surface area contributed by atoms with Gasteiger partial charge in [0.05, 0.1) is 25.4 Å². The van der Waals surface area contributed by atoms with Crippen molar-refractivity contribution in [2.24, 2.45) is 4.99 Å². The van der Waals surface area contributed by atoms with Crippen LogP contribution in [0.3, 0.4) is 0 Å². The predicted molar refractivity (Wildman–Crippen MR) is 68.6 cm³/mol. The molecule has 1 aliphatic heterocycles. The van der Waals surface area contributed by atoms with Gasteiger partial charge in [-0.1, -0.05) is 6.08 Å². The molecule has 1 aromatic heterocycles. The number of aromatic nitrogens is 2. The Morgan fingerprint density at radius 3 is 3.17 bits per heavy atom. The van der Waals surface area contributed by atoms with Crippen LogP contribution in [0, 0.1) is 0 Å². The van der Waals surface area contributed by atoms with Gasteiger partial charge in [-0.25, -0.2) is 9.48 Å². The first kappa shape index (κ1) is 12.3. The summed E-state index contributed by atoms with van der Waals surface area (Å²) >= 11 is 0. The lowest BCUT2D eigenvalue weighted by atomic mass is 10.2. The number of hydrogen-bond acceptors (Lipinski definition) is 5. The van der Waals surface area contributed by atoms with Crippen molar-refractivity contribution in [2.75, 3.05) is 12.3 Å². The van der Waals surface area contributed by atoms with Crippen LogP contribution in [0.15, 0.2) is 23.3 Å². The van der Waals surface area contributed by atoms with Crippen molar-refractivity contribution in [2.45, 2.75) is 25.9 Å². The molecule has 2 rings (SSSR count). The fourth-order valence-electron chi connectivity index (χ4n) is 1.76. The molecule has 0 bridgehead atoms. The van der Waals surface area contributed by atoms with E-state index in [-0.39, 0.29) is 6.04 Å². The molecular formula is C12H16N4O2. The maximum atomic E-state index is 11.6. The molecule has 0 spiro atoms. The van der Waals surface area contributed by atoms with E-state index >= 15 is 0 Å². The Hall–Kier alpha value is -2.11. The molecule has 2 N–H and O–H groups in total. The second-order valence-corrected chi connectivity index (χ2v) is 3.96. The van der Waals surface area contributed by atoms with Crippen molar-refractivity contribution in [1.29, 1.82) is 0 Å². The van der Waals surface area contributed by atoms with Crippen molar-refractivity contribution in [3.05, 3.63) is 23.9 Å². The molecule has 1 aliphatic rings. The minimum atomic E-state index is -0.437. The van der Waals surface area contributed by atoms with Crippen LogP contribution in [-0.2, 0) is 11.3 Å². The highest BCUT2D eigenvalue weighted by Gasteiger charge is 2.18. The van der Waals surface area contributed by atoms with E-state index in [4.69, 9.17) is 10.5 Å². The number of ether oxygens (including phenoxy) is 1. The summed E-state index contributed by atoms with van der Waals surface area (Å²) in [7, 11) is 0. The standard InChI is InChI=1S/C12H16N4O2/c1-2-18-12(17)10-7-15-16(11(10)13)8-9-5-3-4-6-14-9/h3-4,6-7,9H,2,5,8,13H2,1H3. The average Bonchev–Trinajstić information content (AvgIpc) is 2.73. The van der Waals surface area contributed by atoms with Gasteiger partial charge in [0.25, 0.3) is 0 Å². The lowest BCUT2D eigenvalue weighted by Gasteiger charge is -2.13. The highest BCUT2D eigenvalue weighted by atomic mass is 16.5. The van der Waals surface area contributed by atoms with Gasteiger partial charge in [0.2, 0.25) is 0 Å². The van der Waals surface area contributed by atoms with Gasteiger partial charge < -0.3 is 10.5 Å². The van der Waals surface area contributed by atoms with E-state index in [2.05, 4.69) is 10.1 Å². The number of anilines is 1. The Bertz CT molecular complexity index is 490. The number of aliphatic imine (C=N–C) groups is 1. The first-order valence-corrected chi connectivity index (χ1v) is 5.89. The number of allylic oxidation sites excluding steroid dienone is 1. The number of dihydropyridines is 1. The molecule has 0 amide bonds. The topological polar surface area (TPSA) is 82.5 Å². The number of carbonyl (C=O) groups excluding carboxylic acids is 1. The number of nitrogen functional groups attached to an aromatic ring is 1. The Labute approximate surface area is 105 Å². The van der Waals surface area contributed by atoms with E-state index in [9.17, 15) is 4.79 Å². The fourth-order valence-corrected chi connectivity index (χ4v) is 1.76. The summed E-state index contributed by atoms with van der Waals surface area (Å²) < 4.78 is 6.49. The zero-order chi connectivity index (χ0) is 13.0. The molecule has 0 aliphatic carbocycles. The number of rotatable bonds is 4. The summed E-state index contributed by atoms with van der Waals surface area (Å²) in [5.41, 5.74) is 6.19. The molecule has 1 unspecified atom stereocenters. The summed E-state index contributed by atoms with van der Waals surface area (Å²) in [6.07, 6.45) is 8.01. The lowest BCUT2D eigenvalue weighted by molar-refractivity contribution is 0.0527. The number of carbonyl (C=O) groups is 1. The summed E-state index contributed by atoms with van der Waals surface area (Å²) in [4.78, 5) is 15.9. The van der Waals surface area contributed by atoms with E-state index in [1.54, 1.807) is 17.8 Å². The van der Waals surface area contributed by atoms with Gasteiger partial charge in [-0.15, -0.1) is 0 Å². The SMILES string of the molecule is CCOC(=O)c1cnn(CC2CC=CC=N2)c1N. The first-order valence-electron chi connectivity index (χ1n) is 5.89. The number of nitrogens with two attached hydrogens (primary N) is 1. The highest BCUT2D eigenvalue weighted by molar-refractivity contribution is 5.93. The van der Waals surface area contributed by atoms with Crippen LogP contribution < -0.4 is 5.73 Å². The Balaban J connectivity index is 2.08. The Morgan fingerprint density at radius 1 is 1.67 bits per heavy atom. The number of nitrogens with zero attached hydrogens (tertiary/aromatic N) is 3. The average molecular weight is 248 g/mol. The summed E-state index contributed by atoms with van der Waals surface area (Å²) in [5, 5.41) is 4.11. The molecule has 1 atom stereocenters. The largest absolute Gasteiger partial charge is 0.462 e. The van der Waals surface area contributed by atoms with Gasteiger partial charge in [0.1, 0.15) is 11.4 Å². The van der Waals surface area contributed by atoms with Crippen LogP contribution in [0.5, 0.6) is 0 Å². The van der Waals surface area contributed by atoms with E-state index < -0.39 is 5.97 Å². The Kier molecular flexibility index (Phi) is 3.76. The van der Waals surface area contributed by atoms with Gasteiger partial charge >= 0.3 is 5.97 Å².